The van der Waals surface area contributed by atoms with Crippen LogP contribution >= 0.6 is 0 Å². The topological polar surface area (TPSA) is 35.2 Å². The van der Waals surface area contributed by atoms with Gasteiger partial charge in [-0.15, -0.1) is 0 Å². The van der Waals surface area contributed by atoms with Gasteiger partial charge in [0, 0.05) is 6.54 Å². The van der Waals surface area contributed by atoms with E-state index in [9.17, 15) is 0 Å². The molecule has 0 amide bonds. The third-order valence-corrected chi connectivity index (χ3v) is 3.81. The lowest BCUT2D eigenvalue weighted by Crippen LogP contribution is -2.52. The van der Waals surface area contributed by atoms with Crippen LogP contribution in [0.1, 0.15) is 37.5 Å². The van der Waals surface area contributed by atoms with Gasteiger partial charge in [0.15, 0.2) is 0 Å². The summed E-state index contributed by atoms with van der Waals surface area (Å²) in [4.78, 5) is 0. The molecule has 0 unspecified atom stereocenters. The van der Waals surface area contributed by atoms with Gasteiger partial charge >= 0.3 is 0 Å². The van der Waals surface area contributed by atoms with Crippen LogP contribution in [0.25, 0.3) is 0 Å². The predicted molar refractivity (Wildman–Crippen MR) is 71.4 cm³/mol. The normalized spacial score (nSPS) is 18.9. The highest BCUT2D eigenvalue weighted by molar-refractivity contribution is 5.40. The molecule has 2 N–H and O–H groups in total. The summed E-state index contributed by atoms with van der Waals surface area (Å²) in [7, 11) is 0. The molecule has 1 aromatic carbocycles. The molecule has 1 aromatic rings. The zero-order valence-electron chi connectivity index (χ0n) is 11.3. The minimum absolute atomic E-state index is 0.0699. The second kappa shape index (κ2) is 4.11. The van der Waals surface area contributed by atoms with Crippen molar-refractivity contribution >= 4 is 0 Å². The van der Waals surface area contributed by atoms with Gasteiger partial charge in [-0.3, -0.25) is 0 Å². The number of rotatable bonds is 2. The second-order valence-electron chi connectivity index (χ2n) is 6.26. The number of aryl methyl sites for hydroxylation is 1. The quantitative estimate of drug-likeness (QED) is 0.852. The Morgan fingerprint density at radius 1 is 1.29 bits per heavy atom. The van der Waals surface area contributed by atoms with Gasteiger partial charge in [0.25, 0.3) is 0 Å². The molecular weight excluding hydrogens is 210 g/mol. The van der Waals surface area contributed by atoms with Crippen LogP contribution in [0.15, 0.2) is 18.2 Å². The van der Waals surface area contributed by atoms with Crippen molar-refractivity contribution in [2.24, 2.45) is 5.73 Å². The number of ether oxygens (including phenoxy) is 1. The molecule has 0 atom stereocenters. The molecule has 17 heavy (non-hydrogen) atoms. The third-order valence-electron chi connectivity index (χ3n) is 3.81. The molecule has 0 aliphatic carbocycles. The van der Waals surface area contributed by atoms with E-state index in [-0.39, 0.29) is 10.8 Å². The van der Waals surface area contributed by atoms with E-state index in [4.69, 9.17) is 10.5 Å². The van der Waals surface area contributed by atoms with Crippen molar-refractivity contribution in [3.63, 3.8) is 0 Å². The van der Waals surface area contributed by atoms with Crippen LogP contribution in [0.3, 0.4) is 0 Å². The molecule has 0 spiro atoms. The summed E-state index contributed by atoms with van der Waals surface area (Å²) in [6, 6.07) is 6.77. The van der Waals surface area contributed by atoms with Gasteiger partial charge in [0.1, 0.15) is 0 Å². The lowest BCUT2D eigenvalue weighted by Gasteiger charge is -2.42. The highest BCUT2D eigenvalue weighted by atomic mass is 16.5. The highest BCUT2D eigenvalue weighted by Gasteiger charge is 2.40. The Kier molecular flexibility index (Phi) is 3.04. The first-order valence-corrected chi connectivity index (χ1v) is 6.28. The Morgan fingerprint density at radius 3 is 2.29 bits per heavy atom. The zero-order valence-corrected chi connectivity index (χ0v) is 11.3. The minimum Gasteiger partial charge on any atom is -0.379 e. The molecule has 0 radical (unpaired) electrons. The summed E-state index contributed by atoms with van der Waals surface area (Å²) in [5.41, 5.74) is 10.3. The van der Waals surface area contributed by atoms with Crippen LogP contribution in [-0.4, -0.2) is 19.8 Å². The smallest absolute Gasteiger partial charge is 0.0598 e. The van der Waals surface area contributed by atoms with Crippen LogP contribution in [0.2, 0.25) is 0 Å². The fourth-order valence-corrected chi connectivity index (χ4v) is 2.46. The minimum atomic E-state index is 0.0699. The van der Waals surface area contributed by atoms with E-state index in [2.05, 4.69) is 45.9 Å². The summed E-state index contributed by atoms with van der Waals surface area (Å²) in [6.45, 7) is 11.1. The van der Waals surface area contributed by atoms with Gasteiger partial charge in [0.05, 0.1) is 18.6 Å². The van der Waals surface area contributed by atoms with E-state index in [0.717, 1.165) is 13.2 Å². The van der Waals surface area contributed by atoms with Gasteiger partial charge in [-0.1, -0.05) is 39.0 Å². The number of hydrogen-bond donors (Lipinski definition) is 1. The summed E-state index contributed by atoms with van der Waals surface area (Å²) >= 11 is 0. The van der Waals surface area contributed by atoms with Gasteiger partial charge < -0.3 is 10.5 Å². The van der Waals surface area contributed by atoms with Crippen molar-refractivity contribution in [1.29, 1.82) is 0 Å². The Hall–Kier alpha value is -0.860. The van der Waals surface area contributed by atoms with Crippen molar-refractivity contribution in [2.75, 3.05) is 19.8 Å². The highest BCUT2D eigenvalue weighted by Crippen LogP contribution is 2.35. The van der Waals surface area contributed by atoms with Crippen LogP contribution in [0.5, 0.6) is 0 Å². The lowest BCUT2D eigenvalue weighted by molar-refractivity contribution is -0.0553. The van der Waals surface area contributed by atoms with E-state index in [1.807, 2.05) is 0 Å². The Bertz CT molecular complexity index is 408. The maximum absolute atomic E-state index is 5.91. The molecule has 1 saturated heterocycles. The van der Waals surface area contributed by atoms with Crippen molar-refractivity contribution < 1.29 is 4.74 Å². The van der Waals surface area contributed by atoms with E-state index in [1.165, 1.54) is 16.7 Å². The molecule has 1 heterocycles. The Balaban J connectivity index is 2.38. The van der Waals surface area contributed by atoms with Gasteiger partial charge in [-0.25, -0.2) is 0 Å². The number of hydrogen-bond acceptors (Lipinski definition) is 2. The Labute approximate surface area is 104 Å². The maximum Gasteiger partial charge on any atom is 0.0598 e. The number of benzene rings is 1. The molecule has 1 aliphatic heterocycles. The first-order chi connectivity index (χ1) is 7.89. The Morgan fingerprint density at radius 2 is 1.94 bits per heavy atom. The fraction of sp³-hybridized carbons (Fsp3) is 0.600. The summed E-state index contributed by atoms with van der Waals surface area (Å²) < 4.78 is 5.36. The van der Waals surface area contributed by atoms with Crippen molar-refractivity contribution in [3.05, 3.63) is 34.9 Å². The molecule has 2 nitrogen and oxygen atoms in total. The molecule has 0 saturated carbocycles. The summed E-state index contributed by atoms with van der Waals surface area (Å²) in [5.74, 6) is 0. The lowest BCUT2D eigenvalue weighted by atomic mass is 9.75. The van der Waals surface area contributed by atoms with Crippen LogP contribution in [-0.2, 0) is 15.6 Å². The fourth-order valence-electron chi connectivity index (χ4n) is 2.46. The van der Waals surface area contributed by atoms with E-state index >= 15 is 0 Å². The standard InChI is InChI=1S/C15H23NO/c1-11-7-12(14(2,3)4)5-6-13(11)15(8-16)9-17-10-15/h5-7H,8-10,16H2,1-4H3. The predicted octanol–water partition coefficient (Wildman–Crippen LogP) is 2.52. The largest absolute Gasteiger partial charge is 0.379 e. The van der Waals surface area contributed by atoms with Crippen molar-refractivity contribution in [2.45, 2.75) is 38.5 Å². The zero-order chi connectivity index (χ0) is 12.7. The molecule has 94 valence electrons. The van der Waals surface area contributed by atoms with Gasteiger partial charge in [-0.2, -0.15) is 0 Å². The van der Waals surface area contributed by atoms with Crippen LogP contribution in [0.4, 0.5) is 0 Å². The molecule has 0 bridgehead atoms. The van der Waals surface area contributed by atoms with Crippen LogP contribution in [0, 0.1) is 6.92 Å². The third kappa shape index (κ3) is 2.12. The van der Waals surface area contributed by atoms with E-state index in [0.29, 0.717) is 6.54 Å². The second-order valence-corrected chi connectivity index (χ2v) is 6.26. The van der Waals surface area contributed by atoms with E-state index in [1.54, 1.807) is 0 Å². The average molecular weight is 233 g/mol. The molecule has 1 aliphatic rings. The molecule has 2 heteroatoms. The summed E-state index contributed by atoms with van der Waals surface area (Å²) in [6.07, 6.45) is 0. The first-order valence-electron chi connectivity index (χ1n) is 6.28. The molecule has 2 rings (SSSR count). The van der Waals surface area contributed by atoms with E-state index < -0.39 is 0 Å². The van der Waals surface area contributed by atoms with Crippen molar-refractivity contribution in [3.8, 4) is 0 Å². The average Bonchev–Trinajstić information content (AvgIpc) is 2.17. The van der Waals surface area contributed by atoms with Crippen LogP contribution < -0.4 is 5.73 Å². The van der Waals surface area contributed by atoms with Crippen molar-refractivity contribution in [1.82, 2.24) is 0 Å². The molecule has 0 aromatic heterocycles. The molecule has 1 fully saturated rings. The first kappa shape index (κ1) is 12.6. The monoisotopic (exact) mass is 233 g/mol. The SMILES string of the molecule is Cc1cc(C(C)(C)C)ccc1C1(CN)COC1. The number of nitrogens with two attached hydrogens (primary N) is 1. The molecular formula is C15H23NO. The summed E-state index contributed by atoms with van der Waals surface area (Å²) in [5, 5.41) is 0. The maximum atomic E-state index is 5.91. The van der Waals surface area contributed by atoms with Gasteiger partial charge in [-0.05, 0) is 29.0 Å². The van der Waals surface area contributed by atoms with Gasteiger partial charge in [0.2, 0.25) is 0 Å².